The number of benzene rings is 1. The lowest BCUT2D eigenvalue weighted by Gasteiger charge is -2.39. The van der Waals surface area contributed by atoms with Crippen molar-refractivity contribution in [2.45, 2.75) is 25.9 Å². The van der Waals surface area contributed by atoms with Gasteiger partial charge in [-0.3, -0.25) is 4.90 Å². The SMILES string of the molecule is CCOc1ccc(C(CO)N2CCNCC2C)cc1OC. The summed E-state index contributed by atoms with van der Waals surface area (Å²) in [6.07, 6.45) is 0. The molecule has 1 fully saturated rings. The monoisotopic (exact) mass is 294 g/mol. The smallest absolute Gasteiger partial charge is 0.161 e. The van der Waals surface area contributed by atoms with E-state index in [9.17, 15) is 5.11 Å². The van der Waals surface area contributed by atoms with E-state index in [1.54, 1.807) is 7.11 Å². The Bertz CT molecular complexity index is 453. The second-order valence-corrected chi connectivity index (χ2v) is 5.33. The quantitative estimate of drug-likeness (QED) is 0.831. The number of piperazine rings is 1. The van der Waals surface area contributed by atoms with Crippen molar-refractivity contribution in [2.24, 2.45) is 0 Å². The zero-order chi connectivity index (χ0) is 15.2. The molecular formula is C16H26N2O3. The van der Waals surface area contributed by atoms with Crippen LogP contribution in [0.5, 0.6) is 11.5 Å². The molecule has 5 nitrogen and oxygen atoms in total. The summed E-state index contributed by atoms with van der Waals surface area (Å²) in [7, 11) is 1.64. The minimum absolute atomic E-state index is 0.00771. The van der Waals surface area contributed by atoms with Crippen molar-refractivity contribution in [2.75, 3.05) is 40.0 Å². The van der Waals surface area contributed by atoms with Crippen molar-refractivity contribution < 1.29 is 14.6 Å². The topological polar surface area (TPSA) is 54.0 Å². The minimum atomic E-state index is -0.00771. The van der Waals surface area contributed by atoms with Crippen LogP contribution < -0.4 is 14.8 Å². The first-order valence-electron chi connectivity index (χ1n) is 7.59. The van der Waals surface area contributed by atoms with Gasteiger partial charge in [-0.2, -0.15) is 0 Å². The highest BCUT2D eigenvalue weighted by atomic mass is 16.5. The van der Waals surface area contributed by atoms with E-state index in [2.05, 4.69) is 17.1 Å². The fourth-order valence-corrected chi connectivity index (χ4v) is 2.89. The number of aliphatic hydroxyl groups is 1. The largest absolute Gasteiger partial charge is 0.493 e. The number of hydrogen-bond acceptors (Lipinski definition) is 5. The highest BCUT2D eigenvalue weighted by Gasteiger charge is 2.27. The Morgan fingerprint density at radius 3 is 2.86 bits per heavy atom. The summed E-state index contributed by atoms with van der Waals surface area (Å²) in [4.78, 5) is 2.34. The lowest BCUT2D eigenvalue weighted by atomic mass is 10.0. The summed E-state index contributed by atoms with van der Waals surface area (Å²) in [6.45, 7) is 7.67. The predicted octanol–water partition coefficient (Wildman–Crippen LogP) is 1.42. The molecule has 2 atom stereocenters. The molecule has 1 aromatic rings. The normalized spacial score (nSPS) is 21.0. The van der Waals surface area contributed by atoms with Gasteiger partial charge in [-0.1, -0.05) is 6.07 Å². The number of rotatable bonds is 6. The molecule has 0 spiro atoms. The number of aliphatic hydroxyl groups excluding tert-OH is 1. The molecule has 0 saturated carbocycles. The molecule has 1 aliphatic rings. The summed E-state index contributed by atoms with van der Waals surface area (Å²) in [6, 6.07) is 6.30. The standard InChI is InChI=1S/C16H26N2O3/c1-4-21-15-6-5-13(9-16(15)20-3)14(11-19)18-8-7-17-10-12(18)2/h5-6,9,12,14,17,19H,4,7-8,10-11H2,1-3H3. The van der Waals surface area contributed by atoms with Crippen LogP contribution >= 0.6 is 0 Å². The Kier molecular flexibility index (Phi) is 5.85. The zero-order valence-corrected chi connectivity index (χ0v) is 13.1. The van der Waals surface area contributed by atoms with E-state index < -0.39 is 0 Å². The van der Waals surface area contributed by atoms with E-state index >= 15 is 0 Å². The lowest BCUT2D eigenvalue weighted by molar-refractivity contribution is 0.0722. The van der Waals surface area contributed by atoms with E-state index in [-0.39, 0.29) is 12.6 Å². The van der Waals surface area contributed by atoms with Crippen molar-refractivity contribution >= 4 is 0 Å². The maximum Gasteiger partial charge on any atom is 0.161 e. The summed E-state index contributed by atoms with van der Waals surface area (Å²) >= 11 is 0. The van der Waals surface area contributed by atoms with Crippen LogP contribution in [-0.4, -0.2) is 56.0 Å². The second kappa shape index (κ2) is 7.64. The molecule has 118 valence electrons. The highest BCUT2D eigenvalue weighted by molar-refractivity contribution is 5.44. The zero-order valence-electron chi connectivity index (χ0n) is 13.1. The highest BCUT2D eigenvalue weighted by Crippen LogP contribution is 2.32. The van der Waals surface area contributed by atoms with Crippen LogP contribution in [0.1, 0.15) is 25.5 Å². The molecule has 0 amide bonds. The van der Waals surface area contributed by atoms with E-state index in [1.165, 1.54) is 0 Å². The third kappa shape index (κ3) is 3.67. The summed E-state index contributed by atoms with van der Waals surface area (Å²) in [5.74, 6) is 1.46. The Morgan fingerprint density at radius 1 is 1.43 bits per heavy atom. The molecule has 2 unspecified atom stereocenters. The van der Waals surface area contributed by atoms with Gasteiger partial charge in [-0.25, -0.2) is 0 Å². The van der Waals surface area contributed by atoms with Gasteiger partial charge in [-0.05, 0) is 31.5 Å². The van der Waals surface area contributed by atoms with E-state index in [0.29, 0.717) is 12.6 Å². The van der Waals surface area contributed by atoms with Gasteiger partial charge in [0, 0.05) is 25.7 Å². The minimum Gasteiger partial charge on any atom is -0.493 e. The van der Waals surface area contributed by atoms with Crippen molar-refractivity contribution in [3.8, 4) is 11.5 Å². The molecule has 5 heteroatoms. The first-order chi connectivity index (χ1) is 10.2. The molecule has 21 heavy (non-hydrogen) atoms. The van der Waals surface area contributed by atoms with Gasteiger partial charge >= 0.3 is 0 Å². The molecule has 0 aliphatic carbocycles. The summed E-state index contributed by atoms with van der Waals surface area (Å²) in [5, 5.41) is 13.2. The number of ether oxygens (including phenoxy) is 2. The molecule has 0 aromatic heterocycles. The van der Waals surface area contributed by atoms with E-state index in [4.69, 9.17) is 9.47 Å². The van der Waals surface area contributed by atoms with Gasteiger partial charge < -0.3 is 19.9 Å². The van der Waals surface area contributed by atoms with Crippen LogP contribution in [0, 0.1) is 0 Å². The number of hydrogen-bond donors (Lipinski definition) is 2. The first kappa shape index (κ1) is 16.1. The fraction of sp³-hybridized carbons (Fsp3) is 0.625. The number of methoxy groups -OCH3 is 1. The summed E-state index contributed by atoms with van der Waals surface area (Å²) in [5.41, 5.74) is 1.06. The van der Waals surface area contributed by atoms with Gasteiger partial charge in [0.15, 0.2) is 11.5 Å². The third-order valence-corrected chi connectivity index (χ3v) is 4.00. The average molecular weight is 294 g/mol. The molecule has 1 aromatic carbocycles. The average Bonchev–Trinajstić information content (AvgIpc) is 2.51. The molecule has 2 N–H and O–H groups in total. The molecule has 1 aliphatic heterocycles. The van der Waals surface area contributed by atoms with E-state index in [0.717, 1.165) is 36.7 Å². The fourth-order valence-electron chi connectivity index (χ4n) is 2.89. The van der Waals surface area contributed by atoms with Crippen LogP contribution in [0.4, 0.5) is 0 Å². The van der Waals surface area contributed by atoms with Gasteiger partial charge in [0.2, 0.25) is 0 Å². The number of nitrogens with one attached hydrogen (secondary N) is 1. The lowest BCUT2D eigenvalue weighted by Crippen LogP contribution is -2.51. The van der Waals surface area contributed by atoms with Crippen molar-refractivity contribution in [3.63, 3.8) is 0 Å². The third-order valence-electron chi connectivity index (χ3n) is 4.00. The van der Waals surface area contributed by atoms with Crippen molar-refractivity contribution in [1.82, 2.24) is 10.2 Å². The predicted molar refractivity (Wildman–Crippen MR) is 83.0 cm³/mol. The van der Waals surface area contributed by atoms with Gasteiger partial charge in [0.05, 0.1) is 26.4 Å². The van der Waals surface area contributed by atoms with Crippen LogP contribution in [-0.2, 0) is 0 Å². The van der Waals surface area contributed by atoms with Gasteiger partial charge in [0.1, 0.15) is 0 Å². The van der Waals surface area contributed by atoms with Crippen LogP contribution in [0.15, 0.2) is 18.2 Å². The molecular weight excluding hydrogens is 268 g/mol. The second-order valence-electron chi connectivity index (χ2n) is 5.33. The van der Waals surface area contributed by atoms with Crippen molar-refractivity contribution in [3.05, 3.63) is 23.8 Å². The van der Waals surface area contributed by atoms with Gasteiger partial charge in [-0.15, -0.1) is 0 Å². The Balaban J connectivity index is 2.25. The Hall–Kier alpha value is -1.30. The molecule has 2 rings (SSSR count). The van der Waals surface area contributed by atoms with Crippen LogP contribution in [0.2, 0.25) is 0 Å². The maximum atomic E-state index is 9.85. The maximum absolute atomic E-state index is 9.85. The molecule has 0 radical (unpaired) electrons. The summed E-state index contributed by atoms with van der Waals surface area (Å²) < 4.78 is 11.0. The van der Waals surface area contributed by atoms with Crippen LogP contribution in [0.25, 0.3) is 0 Å². The van der Waals surface area contributed by atoms with Crippen molar-refractivity contribution in [1.29, 1.82) is 0 Å². The first-order valence-corrected chi connectivity index (χ1v) is 7.59. The Labute approximate surface area is 126 Å². The molecule has 0 bridgehead atoms. The van der Waals surface area contributed by atoms with Gasteiger partial charge in [0.25, 0.3) is 0 Å². The van der Waals surface area contributed by atoms with E-state index in [1.807, 2.05) is 25.1 Å². The molecule has 1 heterocycles. The Morgan fingerprint density at radius 2 is 2.24 bits per heavy atom. The van der Waals surface area contributed by atoms with Crippen LogP contribution in [0.3, 0.4) is 0 Å². The molecule has 1 saturated heterocycles. The number of nitrogens with zero attached hydrogens (tertiary/aromatic N) is 1.